The average molecular weight is 427 g/mol. The number of aryl methyl sites for hydroxylation is 1. The van der Waals surface area contributed by atoms with E-state index in [1.807, 2.05) is 20.8 Å². The van der Waals surface area contributed by atoms with Crippen molar-refractivity contribution in [1.82, 2.24) is 19.7 Å². The topological polar surface area (TPSA) is 72.7 Å². The zero-order chi connectivity index (χ0) is 21.4. The van der Waals surface area contributed by atoms with Crippen molar-refractivity contribution in [2.24, 2.45) is 0 Å². The van der Waals surface area contributed by atoms with Crippen LogP contribution in [-0.2, 0) is 6.42 Å². The van der Waals surface area contributed by atoms with Gasteiger partial charge in [0.05, 0.1) is 17.1 Å². The van der Waals surface area contributed by atoms with Gasteiger partial charge >= 0.3 is 0 Å². The minimum atomic E-state index is -0.885. The molecule has 1 amide bonds. The van der Waals surface area contributed by atoms with Gasteiger partial charge in [0.15, 0.2) is 22.4 Å². The number of anilines is 1. The van der Waals surface area contributed by atoms with E-state index in [-0.39, 0.29) is 11.9 Å². The summed E-state index contributed by atoms with van der Waals surface area (Å²) in [5.74, 6) is -2.07. The third-order valence-corrected chi connectivity index (χ3v) is 5.48. The average Bonchev–Trinajstić information content (AvgIpc) is 3.30. The summed E-state index contributed by atoms with van der Waals surface area (Å²) < 4.78 is 28.3. The summed E-state index contributed by atoms with van der Waals surface area (Å²) in [6.07, 6.45) is 3.66. The highest BCUT2D eigenvalue weighted by Gasteiger charge is 2.18. The molecule has 0 fully saturated rings. The van der Waals surface area contributed by atoms with Crippen LogP contribution in [0.5, 0.6) is 0 Å². The molecule has 0 spiro atoms. The second-order valence-corrected chi connectivity index (χ2v) is 8.36. The summed E-state index contributed by atoms with van der Waals surface area (Å²) >= 11 is 1.28. The lowest BCUT2D eigenvalue weighted by atomic mass is 10.1. The molecule has 0 saturated heterocycles. The summed E-state index contributed by atoms with van der Waals surface area (Å²) in [6, 6.07) is 5.63. The standard InChI is InChI=1S/C21H19F2N5OS/c1-11(2)28-19-16(10-25-28)15(6-12(3)26-19)20(29)27-21-24-9-14(30-21)7-13-4-5-17(22)18(23)8-13/h4-6,8-11H,7H2,1-3H3,(H,24,27,29). The second kappa shape index (κ2) is 7.91. The van der Waals surface area contributed by atoms with Crippen molar-refractivity contribution in [2.45, 2.75) is 33.2 Å². The SMILES string of the molecule is Cc1cc(C(=O)Nc2ncc(Cc3ccc(F)c(F)c3)s2)c2cnn(C(C)C)c2n1. The number of carbonyl (C=O) groups excluding carboxylic acids is 1. The number of nitrogens with one attached hydrogen (secondary N) is 1. The molecule has 3 heterocycles. The number of thiazole rings is 1. The van der Waals surface area contributed by atoms with Gasteiger partial charge in [0.25, 0.3) is 5.91 Å². The van der Waals surface area contributed by atoms with Crippen LogP contribution in [0.3, 0.4) is 0 Å². The molecular weight excluding hydrogens is 408 g/mol. The molecule has 1 aromatic carbocycles. The number of hydrogen-bond donors (Lipinski definition) is 1. The van der Waals surface area contributed by atoms with E-state index in [1.54, 1.807) is 23.1 Å². The molecular formula is C21H19F2N5OS. The highest BCUT2D eigenvalue weighted by Crippen LogP contribution is 2.25. The molecule has 0 bridgehead atoms. The number of rotatable bonds is 5. The minimum absolute atomic E-state index is 0.116. The van der Waals surface area contributed by atoms with Crippen LogP contribution in [0, 0.1) is 18.6 Å². The molecule has 154 valence electrons. The maximum atomic E-state index is 13.4. The Bertz CT molecular complexity index is 1250. The molecule has 4 rings (SSSR count). The smallest absolute Gasteiger partial charge is 0.258 e. The summed E-state index contributed by atoms with van der Waals surface area (Å²) in [6.45, 7) is 5.83. The number of hydrogen-bond acceptors (Lipinski definition) is 5. The van der Waals surface area contributed by atoms with Crippen molar-refractivity contribution in [2.75, 3.05) is 5.32 Å². The van der Waals surface area contributed by atoms with Crippen molar-refractivity contribution < 1.29 is 13.6 Å². The van der Waals surface area contributed by atoms with Gasteiger partial charge in [0, 0.05) is 29.2 Å². The predicted molar refractivity (Wildman–Crippen MR) is 112 cm³/mol. The van der Waals surface area contributed by atoms with Crippen LogP contribution >= 0.6 is 11.3 Å². The van der Waals surface area contributed by atoms with Crippen molar-refractivity contribution in [1.29, 1.82) is 0 Å². The Hall–Kier alpha value is -3.20. The van der Waals surface area contributed by atoms with Crippen molar-refractivity contribution in [3.05, 3.63) is 70.0 Å². The molecule has 0 aliphatic heterocycles. The number of fused-ring (bicyclic) bond motifs is 1. The Balaban J connectivity index is 1.55. The number of halogens is 2. The lowest BCUT2D eigenvalue weighted by molar-refractivity contribution is 0.102. The van der Waals surface area contributed by atoms with Gasteiger partial charge < -0.3 is 0 Å². The molecule has 3 aromatic heterocycles. The maximum Gasteiger partial charge on any atom is 0.258 e. The van der Waals surface area contributed by atoms with Crippen molar-refractivity contribution in [3.8, 4) is 0 Å². The third kappa shape index (κ3) is 3.93. The second-order valence-electron chi connectivity index (χ2n) is 7.24. The van der Waals surface area contributed by atoms with Gasteiger partial charge in [-0.05, 0) is 44.5 Å². The van der Waals surface area contributed by atoms with Crippen molar-refractivity contribution in [3.63, 3.8) is 0 Å². The Morgan fingerprint density at radius 3 is 2.73 bits per heavy atom. The van der Waals surface area contributed by atoms with Crippen molar-refractivity contribution >= 4 is 33.4 Å². The van der Waals surface area contributed by atoms with Crippen LogP contribution in [0.4, 0.5) is 13.9 Å². The number of nitrogens with zero attached hydrogens (tertiary/aromatic N) is 4. The van der Waals surface area contributed by atoms with E-state index in [2.05, 4.69) is 20.4 Å². The molecule has 4 aromatic rings. The first-order valence-electron chi connectivity index (χ1n) is 9.36. The Morgan fingerprint density at radius 2 is 2.00 bits per heavy atom. The Kier molecular flexibility index (Phi) is 5.29. The van der Waals surface area contributed by atoms with Crippen LogP contribution in [-0.4, -0.2) is 25.7 Å². The highest BCUT2D eigenvalue weighted by molar-refractivity contribution is 7.15. The van der Waals surface area contributed by atoms with Gasteiger partial charge in [-0.3, -0.25) is 10.1 Å². The first-order chi connectivity index (χ1) is 14.3. The van der Waals surface area contributed by atoms with Gasteiger partial charge in [0.2, 0.25) is 0 Å². The van der Waals surface area contributed by atoms with Crippen LogP contribution in [0.1, 0.15) is 46.4 Å². The van der Waals surface area contributed by atoms with Crippen LogP contribution in [0.25, 0.3) is 11.0 Å². The molecule has 0 unspecified atom stereocenters. The van der Waals surface area contributed by atoms with Gasteiger partial charge in [-0.15, -0.1) is 11.3 Å². The van der Waals surface area contributed by atoms with Crippen LogP contribution in [0.2, 0.25) is 0 Å². The van der Waals surface area contributed by atoms with Gasteiger partial charge in [-0.2, -0.15) is 5.10 Å². The minimum Gasteiger partial charge on any atom is -0.298 e. The zero-order valence-corrected chi connectivity index (χ0v) is 17.4. The number of pyridine rings is 1. The first-order valence-corrected chi connectivity index (χ1v) is 10.2. The van der Waals surface area contributed by atoms with Gasteiger partial charge in [-0.1, -0.05) is 6.07 Å². The normalized spacial score (nSPS) is 11.4. The molecule has 9 heteroatoms. The predicted octanol–water partition coefficient (Wildman–Crippen LogP) is 4.90. The molecule has 0 atom stereocenters. The van der Waals surface area contributed by atoms with Gasteiger partial charge in [-0.25, -0.2) is 23.4 Å². The number of carbonyl (C=O) groups is 1. The van der Waals surface area contributed by atoms with Crippen LogP contribution in [0.15, 0.2) is 36.7 Å². The zero-order valence-electron chi connectivity index (χ0n) is 16.6. The summed E-state index contributed by atoms with van der Waals surface area (Å²) in [5.41, 5.74) is 2.48. The molecule has 0 radical (unpaired) electrons. The summed E-state index contributed by atoms with van der Waals surface area (Å²) in [5, 5.41) is 8.27. The Labute approximate surface area is 175 Å². The van der Waals surface area contributed by atoms with E-state index in [9.17, 15) is 13.6 Å². The molecule has 1 N–H and O–H groups in total. The van der Waals surface area contributed by atoms with E-state index < -0.39 is 11.6 Å². The monoisotopic (exact) mass is 427 g/mol. The van der Waals surface area contributed by atoms with Gasteiger partial charge in [0.1, 0.15) is 0 Å². The molecule has 0 aliphatic carbocycles. The molecule has 0 saturated carbocycles. The first kappa shape index (κ1) is 20.1. The van der Waals surface area contributed by atoms with E-state index in [4.69, 9.17) is 0 Å². The number of amides is 1. The van der Waals surface area contributed by atoms with E-state index in [0.29, 0.717) is 39.4 Å². The third-order valence-electron chi connectivity index (χ3n) is 4.56. The van der Waals surface area contributed by atoms with E-state index >= 15 is 0 Å². The maximum absolute atomic E-state index is 13.4. The van der Waals surface area contributed by atoms with E-state index in [1.165, 1.54) is 17.4 Å². The molecule has 30 heavy (non-hydrogen) atoms. The summed E-state index contributed by atoms with van der Waals surface area (Å²) in [7, 11) is 0. The molecule has 0 aliphatic rings. The fourth-order valence-electron chi connectivity index (χ4n) is 3.17. The quantitative estimate of drug-likeness (QED) is 0.492. The number of benzene rings is 1. The lowest BCUT2D eigenvalue weighted by Crippen LogP contribution is -2.13. The lowest BCUT2D eigenvalue weighted by Gasteiger charge is -2.08. The molecule has 6 nitrogen and oxygen atoms in total. The highest BCUT2D eigenvalue weighted by atomic mass is 32.1. The summed E-state index contributed by atoms with van der Waals surface area (Å²) in [4.78, 5) is 22.5. The van der Waals surface area contributed by atoms with E-state index in [0.717, 1.165) is 17.0 Å². The fraction of sp³-hybridized carbons (Fsp3) is 0.238. The fourth-order valence-corrected chi connectivity index (χ4v) is 4.01. The van der Waals surface area contributed by atoms with Crippen LogP contribution < -0.4 is 5.32 Å². The number of aromatic nitrogens is 4. The largest absolute Gasteiger partial charge is 0.298 e. The Morgan fingerprint density at radius 1 is 1.20 bits per heavy atom.